The molecule has 5 nitrogen and oxygen atoms in total. The smallest absolute Gasteiger partial charge is 0.244 e. The lowest BCUT2D eigenvalue weighted by Gasteiger charge is -2.35. The summed E-state index contributed by atoms with van der Waals surface area (Å²) in [6.45, 7) is 2.28. The van der Waals surface area contributed by atoms with E-state index < -0.39 is 16.1 Å². The first-order valence-electron chi connectivity index (χ1n) is 10.0. The van der Waals surface area contributed by atoms with Gasteiger partial charge in [0.1, 0.15) is 6.04 Å². The van der Waals surface area contributed by atoms with Gasteiger partial charge in [-0.3, -0.25) is 4.79 Å². The highest BCUT2D eigenvalue weighted by atomic mass is 35.5. The zero-order chi connectivity index (χ0) is 22.0. The van der Waals surface area contributed by atoms with Crippen molar-refractivity contribution in [2.75, 3.05) is 0 Å². The summed E-state index contributed by atoms with van der Waals surface area (Å²) in [6.07, 6.45) is 0.315. The number of amides is 1. The standard InChI is InChI=1S/C24H23ClN2O3S/c1-17-10-12-21(13-11-17)31(29,30)27-16-20-8-3-2-6-18(20)14-23(27)24(28)26-15-19-7-4-5-9-22(19)25/h2-13,23H,14-16H2,1H3,(H,26,28)/t23-/m0/s1. The lowest BCUT2D eigenvalue weighted by Crippen LogP contribution is -2.52. The quantitative estimate of drug-likeness (QED) is 0.631. The minimum Gasteiger partial charge on any atom is -0.351 e. The molecular weight excluding hydrogens is 432 g/mol. The third kappa shape index (κ3) is 4.51. The lowest BCUT2D eigenvalue weighted by atomic mass is 9.95. The Labute approximate surface area is 187 Å². The number of aryl methyl sites for hydroxylation is 1. The number of carbonyl (C=O) groups excluding carboxylic acids is 1. The Balaban J connectivity index is 1.65. The maximum absolute atomic E-state index is 13.5. The summed E-state index contributed by atoms with van der Waals surface area (Å²) >= 11 is 6.20. The summed E-state index contributed by atoms with van der Waals surface area (Å²) in [5.41, 5.74) is 3.64. The van der Waals surface area contributed by atoms with E-state index in [-0.39, 0.29) is 23.9 Å². The largest absolute Gasteiger partial charge is 0.351 e. The maximum Gasteiger partial charge on any atom is 0.244 e. The molecule has 160 valence electrons. The second kappa shape index (κ2) is 8.83. The van der Waals surface area contributed by atoms with E-state index in [1.54, 1.807) is 30.3 Å². The van der Waals surface area contributed by atoms with E-state index in [2.05, 4.69) is 5.32 Å². The number of benzene rings is 3. The molecule has 0 fully saturated rings. The number of halogens is 1. The van der Waals surface area contributed by atoms with Crippen LogP contribution in [0.2, 0.25) is 5.02 Å². The van der Waals surface area contributed by atoms with Gasteiger partial charge in [-0.05, 0) is 48.2 Å². The number of rotatable bonds is 5. The summed E-state index contributed by atoms with van der Waals surface area (Å²) in [5.74, 6) is -0.342. The Morgan fingerprint density at radius 1 is 1.00 bits per heavy atom. The number of hydrogen-bond donors (Lipinski definition) is 1. The molecule has 1 N–H and O–H groups in total. The Morgan fingerprint density at radius 2 is 1.65 bits per heavy atom. The van der Waals surface area contributed by atoms with E-state index in [9.17, 15) is 13.2 Å². The Morgan fingerprint density at radius 3 is 2.35 bits per heavy atom. The van der Waals surface area contributed by atoms with E-state index in [1.807, 2.05) is 49.4 Å². The van der Waals surface area contributed by atoms with Crippen molar-refractivity contribution in [2.45, 2.75) is 37.4 Å². The van der Waals surface area contributed by atoms with Gasteiger partial charge < -0.3 is 5.32 Å². The van der Waals surface area contributed by atoms with Crippen molar-refractivity contribution in [1.29, 1.82) is 0 Å². The van der Waals surface area contributed by atoms with Crippen LogP contribution >= 0.6 is 11.6 Å². The van der Waals surface area contributed by atoms with E-state index >= 15 is 0 Å². The molecule has 0 saturated carbocycles. The molecule has 3 aromatic carbocycles. The molecule has 4 rings (SSSR count). The third-order valence-electron chi connectivity index (χ3n) is 5.55. The van der Waals surface area contributed by atoms with Crippen LogP contribution in [-0.2, 0) is 34.3 Å². The van der Waals surface area contributed by atoms with Gasteiger partial charge in [0.2, 0.25) is 15.9 Å². The number of hydrogen-bond acceptors (Lipinski definition) is 3. The van der Waals surface area contributed by atoms with Crippen LogP contribution in [0.4, 0.5) is 0 Å². The van der Waals surface area contributed by atoms with E-state index in [0.29, 0.717) is 11.4 Å². The van der Waals surface area contributed by atoms with E-state index in [1.165, 1.54) is 4.31 Å². The van der Waals surface area contributed by atoms with Crippen molar-refractivity contribution in [1.82, 2.24) is 9.62 Å². The van der Waals surface area contributed by atoms with Gasteiger partial charge in [0, 0.05) is 18.1 Å². The summed E-state index contributed by atoms with van der Waals surface area (Å²) in [4.78, 5) is 13.4. The zero-order valence-corrected chi connectivity index (χ0v) is 18.7. The summed E-state index contributed by atoms with van der Waals surface area (Å²) < 4.78 is 28.3. The summed E-state index contributed by atoms with van der Waals surface area (Å²) in [5, 5.41) is 3.43. The van der Waals surface area contributed by atoms with Crippen molar-refractivity contribution >= 4 is 27.5 Å². The summed E-state index contributed by atoms with van der Waals surface area (Å²) in [7, 11) is -3.86. The molecule has 1 atom stereocenters. The van der Waals surface area contributed by atoms with E-state index in [0.717, 1.165) is 22.3 Å². The number of fused-ring (bicyclic) bond motifs is 1. The first-order chi connectivity index (χ1) is 14.9. The summed E-state index contributed by atoms with van der Waals surface area (Å²) in [6, 6.07) is 20.7. The number of sulfonamides is 1. The van der Waals surface area contributed by atoms with Crippen molar-refractivity contribution in [2.24, 2.45) is 0 Å². The second-order valence-electron chi connectivity index (χ2n) is 7.66. The van der Waals surface area contributed by atoms with Crippen molar-refractivity contribution in [3.63, 3.8) is 0 Å². The lowest BCUT2D eigenvalue weighted by molar-refractivity contribution is -0.125. The number of carbonyl (C=O) groups is 1. The van der Waals surface area contributed by atoms with Crippen LogP contribution in [-0.4, -0.2) is 24.7 Å². The molecule has 0 bridgehead atoms. The molecule has 0 aromatic heterocycles. The topological polar surface area (TPSA) is 66.5 Å². The van der Waals surface area contributed by atoms with Gasteiger partial charge in [0.05, 0.1) is 4.90 Å². The predicted molar refractivity (Wildman–Crippen MR) is 121 cm³/mol. The van der Waals surface area contributed by atoms with Gasteiger partial charge in [-0.1, -0.05) is 71.8 Å². The average Bonchev–Trinajstić information content (AvgIpc) is 2.77. The van der Waals surface area contributed by atoms with Crippen molar-refractivity contribution in [3.8, 4) is 0 Å². The average molecular weight is 455 g/mol. The molecule has 3 aromatic rings. The molecule has 1 amide bonds. The highest BCUT2D eigenvalue weighted by Crippen LogP contribution is 2.29. The minimum atomic E-state index is -3.86. The molecule has 0 spiro atoms. The molecule has 0 aliphatic carbocycles. The van der Waals surface area contributed by atoms with Crippen LogP contribution in [0, 0.1) is 6.92 Å². The fraction of sp³-hybridized carbons (Fsp3) is 0.208. The van der Waals surface area contributed by atoms with Crippen LogP contribution in [0.5, 0.6) is 0 Å². The fourth-order valence-corrected chi connectivity index (χ4v) is 5.53. The highest BCUT2D eigenvalue weighted by Gasteiger charge is 2.39. The highest BCUT2D eigenvalue weighted by molar-refractivity contribution is 7.89. The Hall–Kier alpha value is -2.67. The zero-order valence-electron chi connectivity index (χ0n) is 17.1. The molecule has 1 heterocycles. The third-order valence-corrected chi connectivity index (χ3v) is 7.78. The molecule has 0 radical (unpaired) electrons. The Kier molecular flexibility index (Phi) is 6.14. The molecule has 0 saturated heterocycles. The van der Waals surface area contributed by atoms with Gasteiger partial charge in [-0.25, -0.2) is 8.42 Å². The van der Waals surface area contributed by atoms with Crippen LogP contribution in [0.1, 0.15) is 22.3 Å². The van der Waals surface area contributed by atoms with Gasteiger partial charge in [-0.15, -0.1) is 0 Å². The van der Waals surface area contributed by atoms with Crippen LogP contribution in [0.15, 0.2) is 77.7 Å². The molecule has 0 unspecified atom stereocenters. The van der Waals surface area contributed by atoms with Crippen LogP contribution in [0.25, 0.3) is 0 Å². The molecular formula is C24H23ClN2O3S. The van der Waals surface area contributed by atoms with Crippen molar-refractivity contribution < 1.29 is 13.2 Å². The number of nitrogens with zero attached hydrogens (tertiary/aromatic N) is 1. The van der Waals surface area contributed by atoms with Crippen LogP contribution in [0.3, 0.4) is 0 Å². The first-order valence-corrected chi connectivity index (χ1v) is 11.8. The predicted octanol–water partition coefficient (Wildman–Crippen LogP) is 4.08. The van der Waals surface area contributed by atoms with Crippen LogP contribution < -0.4 is 5.32 Å². The normalized spacial score (nSPS) is 16.5. The van der Waals surface area contributed by atoms with Crippen molar-refractivity contribution in [3.05, 3.63) is 100 Å². The molecule has 1 aliphatic rings. The van der Waals surface area contributed by atoms with Gasteiger partial charge >= 0.3 is 0 Å². The molecule has 7 heteroatoms. The molecule has 31 heavy (non-hydrogen) atoms. The maximum atomic E-state index is 13.5. The fourth-order valence-electron chi connectivity index (χ4n) is 3.76. The first kappa shape index (κ1) is 21.6. The second-order valence-corrected chi connectivity index (χ2v) is 9.96. The minimum absolute atomic E-state index is 0.149. The molecule has 1 aliphatic heterocycles. The van der Waals surface area contributed by atoms with Gasteiger partial charge in [0.15, 0.2) is 0 Å². The SMILES string of the molecule is Cc1ccc(S(=O)(=O)N2Cc3ccccc3C[C@H]2C(=O)NCc2ccccc2Cl)cc1. The van der Waals surface area contributed by atoms with E-state index in [4.69, 9.17) is 11.6 Å². The number of nitrogens with one attached hydrogen (secondary N) is 1. The Bertz CT molecular complexity index is 1210. The monoisotopic (exact) mass is 454 g/mol. The van der Waals surface area contributed by atoms with Gasteiger partial charge in [0.25, 0.3) is 0 Å². The van der Waals surface area contributed by atoms with Gasteiger partial charge in [-0.2, -0.15) is 4.31 Å².